The van der Waals surface area contributed by atoms with Crippen molar-refractivity contribution in [3.8, 4) is 5.69 Å². The summed E-state index contributed by atoms with van der Waals surface area (Å²) in [5.74, 6) is 0. The van der Waals surface area contributed by atoms with Crippen LogP contribution >= 0.6 is 23.2 Å². The zero-order valence-electron chi connectivity index (χ0n) is 12.8. The molecular weight excluding hydrogens is 400 g/mol. The van der Waals surface area contributed by atoms with E-state index in [4.69, 9.17) is 27.9 Å². The molecule has 124 valence electrons. The third kappa shape index (κ3) is 4.96. The van der Waals surface area contributed by atoms with Gasteiger partial charge in [0.15, 0.2) is 0 Å². The minimum absolute atomic E-state index is 0.528. The van der Waals surface area contributed by atoms with E-state index in [1.165, 1.54) is 23.7 Å². The summed E-state index contributed by atoms with van der Waals surface area (Å²) in [6.45, 7) is 4.77. The van der Waals surface area contributed by atoms with Crippen LogP contribution in [0.2, 0.25) is 20.7 Å². The Bertz CT molecular complexity index is 644. The molecule has 0 amide bonds. The van der Waals surface area contributed by atoms with Crippen molar-refractivity contribution in [2.75, 3.05) is 26.2 Å². The van der Waals surface area contributed by atoms with E-state index in [1.807, 2.05) is 18.3 Å². The quantitative estimate of drug-likeness (QED) is 0.530. The van der Waals surface area contributed by atoms with E-state index in [9.17, 15) is 0 Å². The van der Waals surface area contributed by atoms with Crippen LogP contribution < -0.4 is 0 Å². The van der Waals surface area contributed by atoms with Gasteiger partial charge in [0.05, 0.1) is 10.0 Å². The topological polar surface area (TPSA) is 30.3 Å². The number of rotatable bonds is 6. The average molecular weight is 419 g/mol. The van der Waals surface area contributed by atoms with Crippen LogP contribution in [0.5, 0.6) is 0 Å². The maximum atomic E-state index is 6.05. The fraction of sp³-hybridized carbons (Fsp3) is 0.438. The zero-order valence-corrected chi connectivity index (χ0v) is 16.0. The van der Waals surface area contributed by atoms with E-state index in [1.54, 1.807) is 16.8 Å². The Morgan fingerprint density at radius 3 is 2.74 bits per heavy atom. The van der Waals surface area contributed by atoms with Crippen LogP contribution in [0.15, 0.2) is 30.5 Å². The van der Waals surface area contributed by atoms with E-state index in [-0.39, 0.29) is 0 Å². The predicted octanol–water partition coefficient (Wildman–Crippen LogP) is 3.55. The third-order valence-electron chi connectivity index (χ3n) is 3.72. The van der Waals surface area contributed by atoms with Gasteiger partial charge in [-0.3, -0.25) is 0 Å². The standard InChI is InChI=1S/C16H19Cl2N3OSe/c17-15-2-1-14(11-16(15)18)21-4-3-13(19-21)12-22-8-5-20-6-9-23-10-7-20/h1-4,11H,5-10,12H2. The Balaban J connectivity index is 1.48. The normalized spacial score (nSPS) is 15.9. The molecule has 0 N–H and O–H groups in total. The number of benzene rings is 1. The molecule has 1 saturated heterocycles. The predicted molar refractivity (Wildman–Crippen MR) is 95.0 cm³/mol. The molecule has 2 heterocycles. The fourth-order valence-corrected chi connectivity index (χ4v) is 4.75. The summed E-state index contributed by atoms with van der Waals surface area (Å²) < 4.78 is 7.54. The molecule has 0 aliphatic carbocycles. The summed E-state index contributed by atoms with van der Waals surface area (Å²) in [6, 6.07) is 7.44. The van der Waals surface area contributed by atoms with Gasteiger partial charge in [-0.15, -0.1) is 0 Å². The van der Waals surface area contributed by atoms with E-state index in [0.29, 0.717) is 16.7 Å². The van der Waals surface area contributed by atoms with Gasteiger partial charge in [-0.2, -0.15) is 0 Å². The van der Waals surface area contributed by atoms with Crippen LogP contribution in [0.1, 0.15) is 5.69 Å². The zero-order chi connectivity index (χ0) is 16.1. The molecule has 2 aromatic rings. The first-order valence-electron chi connectivity index (χ1n) is 7.60. The molecule has 1 aromatic carbocycles. The molecule has 3 rings (SSSR count). The Labute approximate surface area is 152 Å². The van der Waals surface area contributed by atoms with Crippen LogP contribution in [0, 0.1) is 0 Å². The Morgan fingerprint density at radius 2 is 1.96 bits per heavy atom. The van der Waals surface area contributed by atoms with Crippen molar-refractivity contribution < 1.29 is 4.74 Å². The number of halogens is 2. The number of hydrogen-bond acceptors (Lipinski definition) is 3. The molecule has 0 radical (unpaired) electrons. The number of ether oxygens (including phenoxy) is 1. The van der Waals surface area contributed by atoms with Crippen molar-refractivity contribution in [3.05, 3.63) is 46.2 Å². The van der Waals surface area contributed by atoms with Gasteiger partial charge in [0, 0.05) is 0 Å². The SMILES string of the molecule is Clc1ccc(-n2ccc(COCCN3CC[Se]CC3)n2)cc1Cl. The first-order valence-corrected chi connectivity index (χ1v) is 10.8. The van der Waals surface area contributed by atoms with Gasteiger partial charge in [0.2, 0.25) is 0 Å². The van der Waals surface area contributed by atoms with Gasteiger partial charge in [-0.25, -0.2) is 0 Å². The molecule has 0 bridgehead atoms. The number of hydrogen-bond donors (Lipinski definition) is 0. The summed E-state index contributed by atoms with van der Waals surface area (Å²) in [5.41, 5.74) is 1.80. The number of nitrogens with zero attached hydrogens (tertiary/aromatic N) is 3. The molecule has 0 atom stereocenters. The summed E-state index contributed by atoms with van der Waals surface area (Å²) in [7, 11) is 0. The molecule has 1 aromatic heterocycles. The molecule has 7 heteroatoms. The maximum absolute atomic E-state index is 6.05. The van der Waals surface area contributed by atoms with E-state index in [0.717, 1.165) is 39.5 Å². The van der Waals surface area contributed by atoms with Crippen LogP contribution in [0.3, 0.4) is 0 Å². The molecule has 1 aliphatic rings. The van der Waals surface area contributed by atoms with Crippen molar-refractivity contribution in [1.82, 2.24) is 14.7 Å². The van der Waals surface area contributed by atoms with E-state index >= 15 is 0 Å². The first-order chi connectivity index (χ1) is 11.2. The second-order valence-electron chi connectivity index (χ2n) is 5.36. The van der Waals surface area contributed by atoms with E-state index in [2.05, 4.69) is 10.00 Å². The summed E-state index contributed by atoms with van der Waals surface area (Å²) in [4.78, 5) is 2.49. The second-order valence-corrected chi connectivity index (χ2v) is 8.74. The van der Waals surface area contributed by atoms with Gasteiger partial charge in [0.25, 0.3) is 0 Å². The van der Waals surface area contributed by atoms with Gasteiger partial charge in [-0.05, 0) is 6.07 Å². The van der Waals surface area contributed by atoms with Crippen molar-refractivity contribution in [3.63, 3.8) is 0 Å². The smallest absolute Gasteiger partial charge is 0.0826 e. The molecule has 23 heavy (non-hydrogen) atoms. The summed E-state index contributed by atoms with van der Waals surface area (Å²) in [5, 5.41) is 8.34. The van der Waals surface area contributed by atoms with Gasteiger partial charge in [-0.1, -0.05) is 23.2 Å². The average Bonchev–Trinajstić information content (AvgIpc) is 3.04. The van der Waals surface area contributed by atoms with Gasteiger partial charge >= 0.3 is 114 Å². The first kappa shape index (κ1) is 17.3. The Kier molecular flexibility index (Phi) is 6.40. The van der Waals surface area contributed by atoms with Crippen LogP contribution in [0.4, 0.5) is 0 Å². The van der Waals surface area contributed by atoms with Crippen LogP contribution in [0.25, 0.3) is 5.69 Å². The minimum Gasteiger partial charge on any atom is -0.0826 e. The molecule has 1 fully saturated rings. The van der Waals surface area contributed by atoms with Gasteiger partial charge in [0.1, 0.15) is 0 Å². The Morgan fingerprint density at radius 1 is 1.13 bits per heavy atom. The second kappa shape index (κ2) is 8.52. The molecule has 0 spiro atoms. The Hall–Kier alpha value is -0.551. The molecular formula is C16H19Cl2N3OSe. The van der Waals surface area contributed by atoms with E-state index < -0.39 is 0 Å². The summed E-state index contributed by atoms with van der Waals surface area (Å²) >= 11 is 12.9. The molecule has 1 aliphatic heterocycles. The van der Waals surface area contributed by atoms with Crippen LogP contribution in [-0.2, 0) is 11.3 Å². The summed E-state index contributed by atoms with van der Waals surface area (Å²) in [6.07, 6.45) is 1.91. The fourth-order valence-electron chi connectivity index (χ4n) is 2.41. The third-order valence-corrected chi connectivity index (χ3v) is 6.43. The van der Waals surface area contributed by atoms with Crippen LogP contribution in [-0.4, -0.2) is 55.9 Å². The molecule has 0 unspecified atom stereocenters. The number of aromatic nitrogens is 2. The van der Waals surface area contributed by atoms with Gasteiger partial charge < -0.3 is 0 Å². The monoisotopic (exact) mass is 419 g/mol. The van der Waals surface area contributed by atoms with Crippen molar-refractivity contribution in [2.24, 2.45) is 0 Å². The molecule has 0 saturated carbocycles. The minimum atomic E-state index is 0.528. The van der Waals surface area contributed by atoms with Crippen molar-refractivity contribution in [1.29, 1.82) is 0 Å². The van der Waals surface area contributed by atoms with Crippen molar-refractivity contribution >= 4 is 38.2 Å². The van der Waals surface area contributed by atoms with Crippen molar-refractivity contribution in [2.45, 2.75) is 17.2 Å². The molecule has 4 nitrogen and oxygen atoms in total.